The van der Waals surface area contributed by atoms with Gasteiger partial charge in [-0.05, 0) is 59.2 Å². The van der Waals surface area contributed by atoms with Gasteiger partial charge in [-0.3, -0.25) is 9.59 Å². The van der Waals surface area contributed by atoms with E-state index >= 15 is 0 Å². The van der Waals surface area contributed by atoms with Crippen LogP contribution >= 0.6 is 0 Å². The Morgan fingerprint density at radius 1 is 0.784 bits per heavy atom. The molecule has 37 heavy (non-hydrogen) atoms. The van der Waals surface area contributed by atoms with Gasteiger partial charge in [-0.25, -0.2) is 4.39 Å². The van der Waals surface area contributed by atoms with Crippen molar-refractivity contribution in [2.24, 2.45) is 5.73 Å². The van der Waals surface area contributed by atoms with E-state index in [1.807, 2.05) is 54.6 Å². The Kier molecular flexibility index (Phi) is 8.62. The molecule has 0 saturated carbocycles. The highest BCUT2D eigenvalue weighted by molar-refractivity contribution is 5.94. The summed E-state index contributed by atoms with van der Waals surface area (Å²) in [6.07, 6.45) is 0. The van der Waals surface area contributed by atoms with Gasteiger partial charge in [0.1, 0.15) is 11.6 Å². The molecule has 188 valence electrons. The number of rotatable bonds is 10. The predicted octanol–water partition coefficient (Wildman–Crippen LogP) is 5.14. The van der Waals surface area contributed by atoms with E-state index in [0.717, 1.165) is 16.7 Å². The van der Waals surface area contributed by atoms with E-state index in [2.05, 4.69) is 5.32 Å². The lowest BCUT2D eigenvalue weighted by molar-refractivity contribution is -0.118. The van der Waals surface area contributed by atoms with Crippen molar-refractivity contribution < 1.29 is 18.7 Å². The SMILES string of the molecule is NCc1cccc(CN(Cc2ccc(NC(=O)COc3ccccc3)cc2)C(=O)c2cccc(F)c2)c1. The number of hydrogen-bond donors (Lipinski definition) is 2. The molecule has 6 nitrogen and oxygen atoms in total. The Bertz CT molecular complexity index is 1340. The minimum absolute atomic E-state index is 0.108. The summed E-state index contributed by atoms with van der Waals surface area (Å²) in [5.74, 6) is -0.410. The summed E-state index contributed by atoms with van der Waals surface area (Å²) in [4.78, 5) is 27.2. The summed E-state index contributed by atoms with van der Waals surface area (Å²) in [5.41, 5.74) is 9.42. The molecule has 4 rings (SSSR count). The van der Waals surface area contributed by atoms with Crippen molar-refractivity contribution in [3.05, 3.63) is 131 Å². The maximum atomic E-state index is 13.8. The molecule has 0 aromatic heterocycles. The number of halogens is 1. The third-order valence-corrected chi connectivity index (χ3v) is 5.68. The molecule has 0 aliphatic carbocycles. The molecule has 0 radical (unpaired) electrons. The number of carbonyl (C=O) groups is 2. The summed E-state index contributed by atoms with van der Waals surface area (Å²) in [6.45, 7) is 0.921. The summed E-state index contributed by atoms with van der Waals surface area (Å²) in [5, 5.41) is 2.80. The molecule has 2 amide bonds. The molecular weight excluding hydrogens is 469 g/mol. The average molecular weight is 498 g/mol. The van der Waals surface area contributed by atoms with Crippen LogP contribution in [-0.2, 0) is 24.4 Å². The van der Waals surface area contributed by atoms with Crippen molar-refractivity contribution in [3.63, 3.8) is 0 Å². The zero-order chi connectivity index (χ0) is 26.0. The van der Waals surface area contributed by atoms with Crippen LogP contribution < -0.4 is 15.8 Å². The Labute approximate surface area is 215 Å². The van der Waals surface area contributed by atoms with Gasteiger partial charge < -0.3 is 20.7 Å². The van der Waals surface area contributed by atoms with Gasteiger partial charge in [0.05, 0.1) is 0 Å². The fraction of sp³-hybridized carbons (Fsp3) is 0.133. The molecule has 7 heteroatoms. The van der Waals surface area contributed by atoms with E-state index in [9.17, 15) is 14.0 Å². The van der Waals surface area contributed by atoms with Crippen LogP contribution in [0.5, 0.6) is 5.75 Å². The van der Waals surface area contributed by atoms with Crippen LogP contribution in [0.2, 0.25) is 0 Å². The van der Waals surface area contributed by atoms with Crippen molar-refractivity contribution in [3.8, 4) is 5.75 Å². The second-order valence-electron chi connectivity index (χ2n) is 8.54. The van der Waals surface area contributed by atoms with Gasteiger partial charge in [0.25, 0.3) is 11.8 Å². The number of benzene rings is 4. The second kappa shape index (κ2) is 12.5. The molecule has 0 aliphatic rings. The number of nitrogens with zero attached hydrogens (tertiary/aromatic N) is 1. The van der Waals surface area contributed by atoms with Crippen molar-refractivity contribution in [1.82, 2.24) is 4.90 Å². The normalized spacial score (nSPS) is 10.5. The quantitative estimate of drug-likeness (QED) is 0.318. The lowest BCUT2D eigenvalue weighted by atomic mass is 10.1. The molecule has 4 aromatic carbocycles. The standard InChI is InChI=1S/C30H28FN3O3/c31-26-9-5-8-25(17-26)30(36)34(20-24-7-4-6-23(16-24)18-32)19-22-12-14-27(15-13-22)33-29(35)21-37-28-10-2-1-3-11-28/h1-17H,18-21,32H2,(H,33,35). The number of para-hydroxylation sites is 1. The molecule has 0 unspecified atom stereocenters. The summed E-state index contributed by atoms with van der Waals surface area (Å²) < 4.78 is 19.3. The van der Waals surface area contributed by atoms with Crippen LogP contribution in [0, 0.1) is 5.82 Å². The first-order chi connectivity index (χ1) is 18.0. The summed E-state index contributed by atoms with van der Waals surface area (Å²) >= 11 is 0. The average Bonchev–Trinajstić information content (AvgIpc) is 2.93. The van der Waals surface area contributed by atoms with E-state index in [1.165, 1.54) is 18.2 Å². The first kappa shape index (κ1) is 25.6. The lowest BCUT2D eigenvalue weighted by Crippen LogP contribution is -2.30. The van der Waals surface area contributed by atoms with E-state index in [1.54, 1.807) is 35.2 Å². The van der Waals surface area contributed by atoms with Gasteiger partial charge in [-0.15, -0.1) is 0 Å². The van der Waals surface area contributed by atoms with Gasteiger partial charge in [-0.2, -0.15) is 0 Å². The van der Waals surface area contributed by atoms with E-state index in [-0.39, 0.29) is 24.0 Å². The van der Waals surface area contributed by atoms with Gasteiger partial charge in [0.15, 0.2) is 6.61 Å². The smallest absolute Gasteiger partial charge is 0.262 e. The highest BCUT2D eigenvalue weighted by Crippen LogP contribution is 2.18. The number of carbonyl (C=O) groups excluding carboxylic acids is 2. The molecule has 0 atom stereocenters. The first-order valence-corrected chi connectivity index (χ1v) is 11.9. The van der Waals surface area contributed by atoms with Crippen molar-refractivity contribution in [2.45, 2.75) is 19.6 Å². The largest absolute Gasteiger partial charge is 0.484 e. The molecule has 0 saturated heterocycles. The molecule has 4 aromatic rings. The monoisotopic (exact) mass is 497 g/mol. The zero-order valence-electron chi connectivity index (χ0n) is 20.3. The topological polar surface area (TPSA) is 84.7 Å². The Balaban J connectivity index is 1.44. The summed E-state index contributed by atoms with van der Waals surface area (Å²) in [7, 11) is 0. The molecule has 0 spiro atoms. The van der Waals surface area contributed by atoms with Crippen LogP contribution in [0.25, 0.3) is 0 Å². The van der Waals surface area contributed by atoms with Gasteiger partial charge in [-0.1, -0.05) is 60.7 Å². The molecular formula is C30H28FN3O3. The van der Waals surface area contributed by atoms with Crippen molar-refractivity contribution in [2.75, 3.05) is 11.9 Å². The third-order valence-electron chi connectivity index (χ3n) is 5.68. The first-order valence-electron chi connectivity index (χ1n) is 11.9. The maximum absolute atomic E-state index is 13.8. The summed E-state index contributed by atoms with van der Waals surface area (Å²) in [6, 6.07) is 29.7. The third kappa shape index (κ3) is 7.49. The molecule has 0 bridgehead atoms. The minimum Gasteiger partial charge on any atom is -0.484 e. The van der Waals surface area contributed by atoms with Crippen LogP contribution in [0.1, 0.15) is 27.0 Å². The fourth-order valence-corrected chi connectivity index (χ4v) is 3.86. The Morgan fingerprint density at radius 2 is 1.49 bits per heavy atom. The number of amides is 2. The van der Waals surface area contributed by atoms with Crippen LogP contribution in [0.15, 0.2) is 103 Å². The second-order valence-corrected chi connectivity index (χ2v) is 8.54. The van der Waals surface area contributed by atoms with Crippen LogP contribution in [0.3, 0.4) is 0 Å². The van der Waals surface area contributed by atoms with E-state index in [4.69, 9.17) is 10.5 Å². The molecule has 0 aliphatic heterocycles. The number of ether oxygens (including phenoxy) is 1. The number of nitrogens with one attached hydrogen (secondary N) is 1. The number of anilines is 1. The fourth-order valence-electron chi connectivity index (χ4n) is 3.86. The van der Waals surface area contributed by atoms with Crippen LogP contribution in [0.4, 0.5) is 10.1 Å². The van der Waals surface area contributed by atoms with Gasteiger partial charge in [0.2, 0.25) is 0 Å². The van der Waals surface area contributed by atoms with Gasteiger partial charge >= 0.3 is 0 Å². The highest BCUT2D eigenvalue weighted by Gasteiger charge is 2.18. The van der Waals surface area contributed by atoms with Crippen molar-refractivity contribution >= 4 is 17.5 Å². The van der Waals surface area contributed by atoms with Crippen molar-refractivity contribution in [1.29, 1.82) is 0 Å². The van der Waals surface area contributed by atoms with Gasteiger partial charge in [0, 0.05) is 30.9 Å². The zero-order valence-corrected chi connectivity index (χ0v) is 20.3. The maximum Gasteiger partial charge on any atom is 0.262 e. The number of hydrogen-bond acceptors (Lipinski definition) is 4. The molecule has 0 heterocycles. The van der Waals surface area contributed by atoms with E-state index in [0.29, 0.717) is 31.1 Å². The number of nitrogens with two attached hydrogens (primary N) is 1. The predicted molar refractivity (Wildman–Crippen MR) is 141 cm³/mol. The van der Waals surface area contributed by atoms with E-state index < -0.39 is 5.82 Å². The minimum atomic E-state index is -0.465. The Hall–Kier alpha value is -4.49. The molecule has 0 fully saturated rings. The molecule has 3 N–H and O–H groups in total. The highest BCUT2D eigenvalue weighted by atomic mass is 19.1. The Morgan fingerprint density at radius 3 is 2.22 bits per heavy atom. The lowest BCUT2D eigenvalue weighted by Gasteiger charge is -2.24. The van der Waals surface area contributed by atoms with Crippen LogP contribution in [-0.4, -0.2) is 23.3 Å².